The molecule has 2 aliphatic heterocycles. The van der Waals surface area contributed by atoms with Crippen molar-refractivity contribution < 1.29 is 9.52 Å². The SMILES string of the molecule is O=c1c2c(-c3ccc(Cl)cc3)oc3ccccc3c-2nn1CCCO. The summed E-state index contributed by atoms with van der Waals surface area (Å²) < 4.78 is 7.44. The molecule has 0 bridgehead atoms. The maximum absolute atomic E-state index is 12.9. The first-order valence-corrected chi connectivity index (χ1v) is 8.36. The third-order valence-electron chi connectivity index (χ3n) is 4.12. The van der Waals surface area contributed by atoms with Crippen LogP contribution in [-0.4, -0.2) is 21.5 Å². The van der Waals surface area contributed by atoms with Gasteiger partial charge in [0.25, 0.3) is 5.56 Å². The van der Waals surface area contributed by atoms with Crippen LogP contribution >= 0.6 is 11.6 Å². The zero-order valence-electron chi connectivity index (χ0n) is 13.3. The molecule has 0 radical (unpaired) electrons. The first-order valence-electron chi connectivity index (χ1n) is 7.98. The van der Waals surface area contributed by atoms with Crippen molar-refractivity contribution in [3.8, 4) is 22.6 Å². The fourth-order valence-corrected chi connectivity index (χ4v) is 3.05. The van der Waals surface area contributed by atoms with E-state index in [4.69, 9.17) is 21.1 Å². The van der Waals surface area contributed by atoms with Crippen molar-refractivity contribution in [2.45, 2.75) is 13.0 Å². The average Bonchev–Trinajstić information content (AvgIpc) is 2.97. The summed E-state index contributed by atoms with van der Waals surface area (Å²) in [4.78, 5) is 12.9. The van der Waals surface area contributed by atoms with Gasteiger partial charge < -0.3 is 9.52 Å². The molecule has 126 valence electrons. The van der Waals surface area contributed by atoms with E-state index in [1.165, 1.54) is 4.68 Å². The number of aryl methyl sites for hydroxylation is 1. The zero-order valence-corrected chi connectivity index (χ0v) is 14.0. The Morgan fingerprint density at radius 1 is 1.12 bits per heavy atom. The topological polar surface area (TPSA) is 68.3 Å². The summed E-state index contributed by atoms with van der Waals surface area (Å²) in [7, 11) is 0. The van der Waals surface area contributed by atoms with Crippen molar-refractivity contribution >= 4 is 22.6 Å². The maximum atomic E-state index is 12.9. The smallest absolute Gasteiger partial charge is 0.280 e. The number of aliphatic hydroxyl groups excluding tert-OH is 1. The minimum absolute atomic E-state index is 0.00477. The third-order valence-corrected chi connectivity index (χ3v) is 4.37. The molecule has 4 rings (SSSR count). The zero-order chi connectivity index (χ0) is 17.4. The molecule has 0 saturated heterocycles. The van der Waals surface area contributed by atoms with Gasteiger partial charge in [0, 0.05) is 29.1 Å². The van der Waals surface area contributed by atoms with Gasteiger partial charge in [-0.15, -0.1) is 0 Å². The minimum atomic E-state index is -0.220. The summed E-state index contributed by atoms with van der Waals surface area (Å²) in [5.74, 6) is 0.477. The molecule has 6 heteroatoms. The van der Waals surface area contributed by atoms with Gasteiger partial charge in [0.2, 0.25) is 0 Å². The van der Waals surface area contributed by atoms with Crippen LogP contribution in [0, 0.1) is 0 Å². The van der Waals surface area contributed by atoms with Gasteiger partial charge in [0.15, 0.2) is 0 Å². The number of hydrogen-bond acceptors (Lipinski definition) is 4. The number of benzene rings is 2. The summed E-state index contributed by atoms with van der Waals surface area (Å²) in [5, 5.41) is 14.9. The van der Waals surface area contributed by atoms with E-state index in [1.54, 1.807) is 12.1 Å². The lowest BCUT2D eigenvalue weighted by Gasteiger charge is -2.08. The highest BCUT2D eigenvalue weighted by atomic mass is 35.5. The Kier molecular flexibility index (Phi) is 4.03. The van der Waals surface area contributed by atoms with Gasteiger partial charge in [-0.1, -0.05) is 23.7 Å². The van der Waals surface area contributed by atoms with E-state index < -0.39 is 0 Å². The van der Waals surface area contributed by atoms with E-state index in [-0.39, 0.29) is 12.2 Å². The van der Waals surface area contributed by atoms with Crippen LogP contribution in [0.3, 0.4) is 0 Å². The second-order valence-electron chi connectivity index (χ2n) is 5.76. The summed E-state index contributed by atoms with van der Waals surface area (Å²) in [6.45, 7) is 0.364. The molecule has 2 aliphatic rings. The number of aliphatic hydroxyl groups is 1. The van der Waals surface area contributed by atoms with Gasteiger partial charge >= 0.3 is 0 Å². The van der Waals surface area contributed by atoms with Crippen LogP contribution in [0.4, 0.5) is 0 Å². The number of aromatic nitrogens is 2. The van der Waals surface area contributed by atoms with Gasteiger partial charge in [-0.2, -0.15) is 5.10 Å². The first kappa shape index (κ1) is 15.9. The van der Waals surface area contributed by atoms with E-state index in [2.05, 4.69) is 5.10 Å². The highest BCUT2D eigenvalue weighted by Crippen LogP contribution is 2.37. The molecular formula is C19H15ClN2O3. The molecule has 0 saturated carbocycles. The molecule has 2 heterocycles. The van der Waals surface area contributed by atoms with Gasteiger partial charge in [-0.25, -0.2) is 4.68 Å². The molecule has 0 fully saturated rings. The molecule has 0 amide bonds. The Bertz CT molecular complexity index is 1070. The molecule has 2 aromatic carbocycles. The van der Waals surface area contributed by atoms with Crippen molar-refractivity contribution in [2.75, 3.05) is 6.61 Å². The molecule has 25 heavy (non-hydrogen) atoms. The first-order chi connectivity index (χ1) is 12.2. The van der Waals surface area contributed by atoms with E-state index in [0.29, 0.717) is 40.6 Å². The Hall–Kier alpha value is -2.63. The lowest BCUT2D eigenvalue weighted by molar-refractivity contribution is 0.276. The standard InChI is InChI=1S/C19H15ClN2O3/c20-13-8-6-12(7-9-13)18-16-17(14-4-1-2-5-15(14)25-18)21-22(19(16)24)10-3-11-23/h1-2,4-9,23H,3,10-11H2. The predicted octanol–water partition coefficient (Wildman–Crippen LogP) is 3.80. The summed E-state index contributed by atoms with van der Waals surface area (Å²) >= 11 is 5.97. The Morgan fingerprint density at radius 3 is 2.64 bits per heavy atom. The van der Waals surface area contributed by atoms with E-state index in [0.717, 1.165) is 10.9 Å². The highest BCUT2D eigenvalue weighted by Gasteiger charge is 2.25. The molecule has 0 spiro atoms. The molecule has 5 nitrogen and oxygen atoms in total. The molecule has 0 aromatic heterocycles. The van der Waals surface area contributed by atoms with E-state index >= 15 is 0 Å². The average molecular weight is 355 g/mol. The van der Waals surface area contributed by atoms with Crippen LogP contribution in [0.25, 0.3) is 33.6 Å². The number of fused-ring (bicyclic) bond motifs is 3. The highest BCUT2D eigenvalue weighted by molar-refractivity contribution is 6.30. The predicted molar refractivity (Wildman–Crippen MR) is 97.0 cm³/mol. The fraction of sp³-hybridized carbons (Fsp3) is 0.158. The second kappa shape index (κ2) is 6.35. The van der Waals surface area contributed by atoms with Crippen LogP contribution in [0.1, 0.15) is 6.42 Å². The van der Waals surface area contributed by atoms with Crippen LogP contribution in [0.5, 0.6) is 0 Å². The summed E-state index contributed by atoms with van der Waals surface area (Å²) in [6, 6.07) is 14.7. The fourth-order valence-electron chi connectivity index (χ4n) is 2.93. The Balaban J connectivity index is 2.04. The minimum Gasteiger partial charge on any atom is -0.455 e. The monoisotopic (exact) mass is 354 g/mol. The number of rotatable bonds is 4. The maximum Gasteiger partial charge on any atom is 0.280 e. The van der Waals surface area contributed by atoms with Crippen molar-refractivity contribution in [2.24, 2.45) is 0 Å². The van der Waals surface area contributed by atoms with Crippen molar-refractivity contribution in [3.63, 3.8) is 0 Å². The Labute approximate surface area is 148 Å². The van der Waals surface area contributed by atoms with Crippen LogP contribution in [0.15, 0.2) is 57.7 Å². The van der Waals surface area contributed by atoms with Crippen molar-refractivity contribution in [3.05, 3.63) is 63.9 Å². The number of halogens is 1. The van der Waals surface area contributed by atoms with Gasteiger partial charge in [-0.05, 0) is 42.8 Å². The van der Waals surface area contributed by atoms with Crippen molar-refractivity contribution in [1.82, 2.24) is 9.78 Å². The summed E-state index contributed by atoms with van der Waals surface area (Å²) in [6.07, 6.45) is 0.467. The normalized spacial score (nSPS) is 11.4. The Morgan fingerprint density at radius 2 is 1.88 bits per heavy atom. The second-order valence-corrected chi connectivity index (χ2v) is 6.20. The van der Waals surface area contributed by atoms with Gasteiger partial charge in [0.05, 0.1) is 0 Å². The lowest BCUT2D eigenvalue weighted by atomic mass is 10.0. The van der Waals surface area contributed by atoms with Crippen molar-refractivity contribution in [1.29, 1.82) is 0 Å². The van der Waals surface area contributed by atoms with Gasteiger partial charge in [-0.3, -0.25) is 4.79 Å². The largest absolute Gasteiger partial charge is 0.455 e. The lowest BCUT2D eigenvalue weighted by Crippen LogP contribution is -2.17. The van der Waals surface area contributed by atoms with Crippen LogP contribution in [0.2, 0.25) is 5.02 Å². The number of nitrogens with zero attached hydrogens (tertiary/aromatic N) is 2. The van der Waals surface area contributed by atoms with Crippen LogP contribution < -0.4 is 5.56 Å². The third kappa shape index (κ3) is 2.71. The van der Waals surface area contributed by atoms with Crippen LogP contribution in [-0.2, 0) is 6.54 Å². The molecule has 0 atom stereocenters. The van der Waals surface area contributed by atoms with E-state index in [9.17, 15) is 4.79 Å². The number of hydrogen-bond donors (Lipinski definition) is 1. The summed E-state index contributed by atoms with van der Waals surface area (Å²) in [5.41, 5.74) is 2.25. The molecule has 0 unspecified atom stereocenters. The number of para-hydroxylation sites is 1. The van der Waals surface area contributed by atoms with E-state index in [1.807, 2.05) is 36.4 Å². The molecule has 2 aromatic rings. The van der Waals surface area contributed by atoms with Gasteiger partial charge in [0.1, 0.15) is 22.6 Å². The molecule has 1 N–H and O–H groups in total. The molecule has 0 aliphatic carbocycles. The molecular weight excluding hydrogens is 340 g/mol. The quantitative estimate of drug-likeness (QED) is 0.605.